The summed E-state index contributed by atoms with van der Waals surface area (Å²) >= 11 is 8.40. The predicted octanol–water partition coefficient (Wildman–Crippen LogP) is 4.92. The maximum absolute atomic E-state index is 13.2. The first kappa shape index (κ1) is 14.2. The Morgan fingerprint density at radius 2 is 2.06 bits per heavy atom. The van der Waals surface area contributed by atoms with Crippen molar-refractivity contribution in [2.75, 3.05) is 7.05 Å². The highest BCUT2D eigenvalue weighted by atomic mass is 79.9. The molecule has 0 aliphatic rings. The fourth-order valence-corrected chi connectivity index (χ4v) is 3.72. The minimum absolute atomic E-state index is 0.223. The van der Waals surface area contributed by atoms with Gasteiger partial charge in [-0.15, -0.1) is 11.3 Å². The number of halogens is 3. The van der Waals surface area contributed by atoms with Crippen molar-refractivity contribution in [3.63, 3.8) is 0 Å². The van der Waals surface area contributed by atoms with Crippen molar-refractivity contribution in [1.82, 2.24) is 5.32 Å². The SMILES string of the molecule is CNC(Cc1ccc(F)c(Br)c1)c1ccc(Br)s1. The molecule has 18 heavy (non-hydrogen) atoms. The number of nitrogens with one attached hydrogen (secondary N) is 1. The lowest BCUT2D eigenvalue weighted by Gasteiger charge is -2.14. The van der Waals surface area contributed by atoms with Gasteiger partial charge in [0.15, 0.2) is 0 Å². The molecule has 0 aliphatic carbocycles. The van der Waals surface area contributed by atoms with Crippen LogP contribution in [-0.2, 0) is 6.42 Å². The van der Waals surface area contributed by atoms with E-state index in [4.69, 9.17) is 0 Å². The number of thiophene rings is 1. The number of likely N-dealkylation sites (N-methyl/N-ethyl adjacent to an activating group) is 1. The van der Waals surface area contributed by atoms with Gasteiger partial charge in [-0.2, -0.15) is 0 Å². The molecule has 1 nitrogen and oxygen atoms in total. The van der Waals surface area contributed by atoms with Crippen molar-refractivity contribution in [2.45, 2.75) is 12.5 Å². The molecule has 0 saturated carbocycles. The van der Waals surface area contributed by atoms with Crippen LogP contribution in [0.2, 0.25) is 0 Å². The molecular formula is C13H12Br2FNS. The van der Waals surface area contributed by atoms with Gasteiger partial charge in [0.2, 0.25) is 0 Å². The molecule has 0 spiro atoms. The third-order valence-corrected chi connectivity index (χ3v) is 5.05. The van der Waals surface area contributed by atoms with Crippen LogP contribution in [0.5, 0.6) is 0 Å². The molecule has 5 heteroatoms. The molecule has 1 unspecified atom stereocenters. The zero-order valence-electron chi connectivity index (χ0n) is 9.71. The second kappa shape index (κ2) is 6.28. The molecule has 1 aromatic heterocycles. The summed E-state index contributed by atoms with van der Waals surface area (Å²) in [5.41, 5.74) is 1.10. The van der Waals surface area contributed by atoms with Gasteiger partial charge in [-0.1, -0.05) is 6.07 Å². The van der Waals surface area contributed by atoms with E-state index in [9.17, 15) is 4.39 Å². The van der Waals surface area contributed by atoms with Crippen molar-refractivity contribution in [3.8, 4) is 0 Å². The van der Waals surface area contributed by atoms with E-state index >= 15 is 0 Å². The fraction of sp³-hybridized carbons (Fsp3) is 0.231. The van der Waals surface area contributed by atoms with E-state index in [0.29, 0.717) is 4.47 Å². The van der Waals surface area contributed by atoms with Crippen molar-refractivity contribution >= 4 is 43.2 Å². The van der Waals surface area contributed by atoms with Crippen molar-refractivity contribution in [3.05, 3.63) is 54.8 Å². The molecule has 0 fully saturated rings. The van der Waals surface area contributed by atoms with E-state index in [1.165, 1.54) is 10.9 Å². The van der Waals surface area contributed by atoms with Gasteiger partial charge in [0, 0.05) is 10.9 Å². The molecule has 2 aromatic rings. The normalized spacial score (nSPS) is 12.7. The van der Waals surface area contributed by atoms with Crippen LogP contribution in [0.15, 0.2) is 38.6 Å². The van der Waals surface area contributed by atoms with E-state index in [-0.39, 0.29) is 11.9 Å². The average Bonchev–Trinajstić information content (AvgIpc) is 2.77. The molecular weight excluding hydrogens is 381 g/mol. The van der Waals surface area contributed by atoms with Crippen molar-refractivity contribution in [1.29, 1.82) is 0 Å². The van der Waals surface area contributed by atoms with Crippen LogP contribution in [0.1, 0.15) is 16.5 Å². The lowest BCUT2D eigenvalue weighted by Crippen LogP contribution is -2.17. The van der Waals surface area contributed by atoms with Gasteiger partial charge in [0.1, 0.15) is 5.82 Å². The Kier molecular flexibility index (Phi) is 4.95. The van der Waals surface area contributed by atoms with Crippen LogP contribution < -0.4 is 5.32 Å². The van der Waals surface area contributed by atoms with E-state index < -0.39 is 0 Å². The molecule has 1 heterocycles. The van der Waals surface area contributed by atoms with Gasteiger partial charge in [0.25, 0.3) is 0 Å². The van der Waals surface area contributed by atoms with Crippen LogP contribution in [0, 0.1) is 5.82 Å². The molecule has 2 rings (SSSR count). The molecule has 1 aromatic carbocycles. The second-order valence-corrected chi connectivity index (χ2v) is 7.28. The Bertz CT molecular complexity index is 542. The summed E-state index contributed by atoms with van der Waals surface area (Å²) in [4.78, 5) is 1.27. The molecule has 0 bridgehead atoms. The summed E-state index contributed by atoms with van der Waals surface area (Å²) in [6.45, 7) is 0. The highest BCUT2D eigenvalue weighted by molar-refractivity contribution is 9.11. The molecule has 1 N–H and O–H groups in total. The summed E-state index contributed by atoms with van der Waals surface area (Å²) in [6.07, 6.45) is 0.836. The smallest absolute Gasteiger partial charge is 0.137 e. The standard InChI is InChI=1S/C13H12Br2FNS/c1-17-11(12-4-5-13(15)18-12)7-8-2-3-10(16)9(14)6-8/h2-6,11,17H,7H2,1H3. The van der Waals surface area contributed by atoms with Crippen LogP contribution in [0.4, 0.5) is 4.39 Å². The third-order valence-electron chi connectivity index (χ3n) is 2.71. The summed E-state index contributed by atoms with van der Waals surface area (Å²) in [5.74, 6) is -0.223. The minimum Gasteiger partial charge on any atom is -0.312 e. The van der Waals surface area contributed by atoms with E-state index in [2.05, 4.69) is 43.2 Å². The van der Waals surface area contributed by atoms with Crippen LogP contribution in [-0.4, -0.2) is 7.05 Å². The van der Waals surface area contributed by atoms with Crippen LogP contribution in [0.25, 0.3) is 0 Å². The number of rotatable bonds is 4. The zero-order valence-corrected chi connectivity index (χ0v) is 13.7. The van der Waals surface area contributed by atoms with Crippen LogP contribution in [0.3, 0.4) is 0 Å². The summed E-state index contributed by atoms with van der Waals surface area (Å²) in [7, 11) is 1.94. The lowest BCUT2D eigenvalue weighted by atomic mass is 10.0. The first-order chi connectivity index (χ1) is 8.60. The quantitative estimate of drug-likeness (QED) is 0.778. The molecule has 96 valence electrons. The molecule has 0 saturated heterocycles. The van der Waals surface area contributed by atoms with Crippen molar-refractivity contribution in [2.24, 2.45) is 0 Å². The Labute approximate surface area is 127 Å². The van der Waals surface area contributed by atoms with Gasteiger partial charge < -0.3 is 5.32 Å². The monoisotopic (exact) mass is 391 g/mol. The fourth-order valence-electron chi connectivity index (χ4n) is 1.76. The molecule has 1 atom stereocenters. The average molecular weight is 393 g/mol. The number of hydrogen-bond donors (Lipinski definition) is 1. The van der Waals surface area contributed by atoms with E-state index in [1.807, 2.05) is 25.2 Å². The Hall–Kier alpha value is -0.230. The number of benzene rings is 1. The third kappa shape index (κ3) is 3.41. The molecule has 0 radical (unpaired) electrons. The highest BCUT2D eigenvalue weighted by Gasteiger charge is 2.13. The van der Waals surface area contributed by atoms with Gasteiger partial charge in [-0.05, 0) is 75.2 Å². The van der Waals surface area contributed by atoms with Gasteiger partial charge in [-0.25, -0.2) is 4.39 Å². The zero-order chi connectivity index (χ0) is 13.1. The first-order valence-corrected chi connectivity index (χ1v) is 7.87. The maximum atomic E-state index is 13.2. The van der Waals surface area contributed by atoms with Gasteiger partial charge >= 0.3 is 0 Å². The maximum Gasteiger partial charge on any atom is 0.137 e. The van der Waals surface area contributed by atoms with Crippen molar-refractivity contribution < 1.29 is 4.39 Å². The summed E-state index contributed by atoms with van der Waals surface area (Å²) in [5, 5.41) is 3.29. The topological polar surface area (TPSA) is 12.0 Å². The van der Waals surface area contributed by atoms with Crippen LogP contribution >= 0.6 is 43.2 Å². The predicted molar refractivity (Wildman–Crippen MR) is 81.6 cm³/mol. The van der Waals surface area contributed by atoms with Gasteiger partial charge in [-0.3, -0.25) is 0 Å². The Morgan fingerprint density at radius 3 is 2.61 bits per heavy atom. The Balaban J connectivity index is 2.17. The first-order valence-electron chi connectivity index (χ1n) is 5.46. The van der Waals surface area contributed by atoms with E-state index in [0.717, 1.165) is 15.8 Å². The summed E-state index contributed by atoms with van der Waals surface area (Å²) in [6, 6.07) is 9.56. The lowest BCUT2D eigenvalue weighted by molar-refractivity contribution is 0.596. The Morgan fingerprint density at radius 1 is 1.28 bits per heavy atom. The molecule has 0 aliphatic heterocycles. The number of hydrogen-bond acceptors (Lipinski definition) is 2. The van der Waals surface area contributed by atoms with Gasteiger partial charge in [0.05, 0.1) is 8.26 Å². The second-order valence-electron chi connectivity index (χ2n) is 3.94. The minimum atomic E-state index is -0.223. The highest BCUT2D eigenvalue weighted by Crippen LogP contribution is 2.29. The molecule has 0 amide bonds. The van der Waals surface area contributed by atoms with E-state index in [1.54, 1.807) is 11.3 Å². The largest absolute Gasteiger partial charge is 0.312 e. The summed E-state index contributed by atoms with van der Waals surface area (Å²) < 4.78 is 14.8.